The molecule has 2 bridgehead atoms. The highest BCUT2D eigenvalue weighted by molar-refractivity contribution is 5.11. The van der Waals surface area contributed by atoms with Gasteiger partial charge in [0.05, 0.1) is 0 Å². The Labute approximate surface area is 117 Å². The van der Waals surface area contributed by atoms with Crippen molar-refractivity contribution in [2.45, 2.75) is 63.6 Å². The third-order valence-corrected chi connectivity index (χ3v) is 6.29. The average molecular weight is 260 g/mol. The van der Waals surface area contributed by atoms with E-state index in [1.54, 1.807) is 0 Å². The maximum Gasteiger partial charge on any atom is 0.0111 e. The van der Waals surface area contributed by atoms with E-state index < -0.39 is 0 Å². The number of nitrogens with one attached hydrogen (secondary N) is 1. The lowest BCUT2D eigenvalue weighted by Gasteiger charge is -2.38. The summed E-state index contributed by atoms with van der Waals surface area (Å²) in [4.78, 5) is 2.73. The molecule has 2 heteroatoms. The van der Waals surface area contributed by atoms with E-state index in [-0.39, 0.29) is 0 Å². The van der Waals surface area contributed by atoms with Crippen LogP contribution in [0.2, 0.25) is 0 Å². The molecule has 3 fully saturated rings. The molecule has 0 radical (unpaired) electrons. The highest BCUT2D eigenvalue weighted by Crippen LogP contribution is 2.45. The summed E-state index contributed by atoms with van der Waals surface area (Å²) in [6.07, 6.45) is 13.5. The Bertz CT molecular complexity index is 364. The molecule has 106 valence electrons. The zero-order valence-corrected chi connectivity index (χ0v) is 12.2. The van der Waals surface area contributed by atoms with E-state index in [0.717, 1.165) is 35.9 Å². The molecule has 6 atom stereocenters. The van der Waals surface area contributed by atoms with Crippen LogP contribution < -0.4 is 5.32 Å². The van der Waals surface area contributed by atoms with Gasteiger partial charge in [0.25, 0.3) is 0 Å². The first-order chi connectivity index (χ1) is 9.29. The SMILES string of the molecule is CC(NC1CCN2CCCC2C1)C1CC2C=CC1C2. The van der Waals surface area contributed by atoms with Crippen molar-refractivity contribution < 1.29 is 0 Å². The second-order valence-electron chi connectivity index (χ2n) is 7.45. The first kappa shape index (κ1) is 12.4. The van der Waals surface area contributed by atoms with Crippen molar-refractivity contribution in [3.63, 3.8) is 0 Å². The van der Waals surface area contributed by atoms with E-state index in [1.807, 2.05) is 0 Å². The lowest BCUT2D eigenvalue weighted by molar-refractivity contribution is 0.153. The normalized spacial score (nSPS) is 46.7. The summed E-state index contributed by atoms with van der Waals surface area (Å²) in [7, 11) is 0. The zero-order valence-electron chi connectivity index (χ0n) is 12.2. The fourth-order valence-electron chi connectivity index (χ4n) is 5.27. The van der Waals surface area contributed by atoms with Crippen LogP contribution in [0.25, 0.3) is 0 Å². The van der Waals surface area contributed by atoms with Crippen molar-refractivity contribution >= 4 is 0 Å². The Morgan fingerprint density at radius 1 is 1.11 bits per heavy atom. The molecule has 2 aliphatic carbocycles. The molecule has 0 aromatic rings. The summed E-state index contributed by atoms with van der Waals surface area (Å²) >= 11 is 0. The quantitative estimate of drug-likeness (QED) is 0.785. The van der Waals surface area contributed by atoms with E-state index in [1.165, 1.54) is 51.6 Å². The van der Waals surface area contributed by atoms with Crippen LogP contribution in [0.1, 0.15) is 45.4 Å². The molecule has 1 saturated carbocycles. The van der Waals surface area contributed by atoms with Gasteiger partial charge in [0.1, 0.15) is 0 Å². The van der Waals surface area contributed by atoms with Crippen molar-refractivity contribution in [2.75, 3.05) is 13.1 Å². The van der Waals surface area contributed by atoms with Gasteiger partial charge in [0.15, 0.2) is 0 Å². The molecule has 6 unspecified atom stereocenters. The van der Waals surface area contributed by atoms with Gasteiger partial charge in [-0.1, -0.05) is 12.2 Å². The van der Waals surface area contributed by atoms with Crippen LogP contribution in [0.4, 0.5) is 0 Å². The number of rotatable bonds is 3. The number of nitrogens with zero attached hydrogens (tertiary/aromatic N) is 1. The minimum absolute atomic E-state index is 0.720. The second-order valence-corrected chi connectivity index (χ2v) is 7.45. The monoisotopic (exact) mass is 260 g/mol. The van der Waals surface area contributed by atoms with Gasteiger partial charge < -0.3 is 10.2 Å². The first-order valence-electron chi connectivity index (χ1n) is 8.48. The third-order valence-electron chi connectivity index (χ3n) is 6.29. The molecule has 2 saturated heterocycles. The summed E-state index contributed by atoms with van der Waals surface area (Å²) < 4.78 is 0. The van der Waals surface area contributed by atoms with Crippen LogP contribution in [0.3, 0.4) is 0 Å². The Hall–Kier alpha value is -0.340. The van der Waals surface area contributed by atoms with Gasteiger partial charge in [0, 0.05) is 18.1 Å². The maximum atomic E-state index is 4.00. The first-order valence-corrected chi connectivity index (χ1v) is 8.48. The number of fused-ring (bicyclic) bond motifs is 3. The smallest absolute Gasteiger partial charge is 0.0111 e. The summed E-state index contributed by atoms with van der Waals surface area (Å²) in [6.45, 7) is 5.15. The van der Waals surface area contributed by atoms with E-state index >= 15 is 0 Å². The third kappa shape index (κ3) is 2.27. The van der Waals surface area contributed by atoms with Crippen LogP contribution in [0, 0.1) is 17.8 Å². The van der Waals surface area contributed by atoms with Gasteiger partial charge >= 0.3 is 0 Å². The van der Waals surface area contributed by atoms with Gasteiger partial charge in [-0.15, -0.1) is 0 Å². The molecule has 1 N–H and O–H groups in total. The topological polar surface area (TPSA) is 15.3 Å². The Morgan fingerprint density at radius 2 is 2.05 bits per heavy atom. The number of hydrogen-bond acceptors (Lipinski definition) is 2. The Kier molecular flexibility index (Phi) is 3.19. The number of hydrogen-bond donors (Lipinski definition) is 1. The van der Waals surface area contributed by atoms with Crippen molar-refractivity contribution in [3.8, 4) is 0 Å². The summed E-state index contributed by atoms with van der Waals surface area (Å²) in [5.41, 5.74) is 0. The van der Waals surface area contributed by atoms with Gasteiger partial charge in [-0.05, 0) is 76.3 Å². The molecule has 0 spiro atoms. The Balaban J connectivity index is 1.33. The van der Waals surface area contributed by atoms with Crippen molar-refractivity contribution in [1.82, 2.24) is 10.2 Å². The molecule has 0 aromatic heterocycles. The standard InChI is InChI=1S/C17H28N2/c1-12(17-10-13-4-5-14(17)9-13)18-15-6-8-19-7-2-3-16(19)11-15/h4-5,12-18H,2-3,6-11H2,1H3. The van der Waals surface area contributed by atoms with E-state index in [2.05, 4.69) is 29.3 Å². The summed E-state index contributed by atoms with van der Waals surface area (Å²) in [5.74, 6) is 2.71. The highest BCUT2D eigenvalue weighted by atomic mass is 15.2. The molecule has 4 rings (SSSR count). The predicted molar refractivity (Wildman–Crippen MR) is 79.1 cm³/mol. The van der Waals surface area contributed by atoms with E-state index in [4.69, 9.17) is 0 Å². The van der Waals surface area contributed by atoms with Crippen molar-refractivity contribution in [3.05, 3.63) is 12.2 Å². The molecule has 2 nitrogen and oxygen atoms in total. The number of piperidine rings is 1. The molecule has 4 aliphatic rings. The summed E-state index contributed by atoms with van der Waals surface area (Å²) in [6, 6.07) is 2.41. The molecule has 0 amide bonds. The van der Waals surface area contributed by atoms with Gasteiger partial charge in [-0.2, -0.15) is 0 Å². The van der Waals surface area contributed by atoms with Crippen LogP contribution in [0.15, 0.2) is 12.2 Å². The van der Waals surface area contributed by atoms with Gasteiger partial charge in [0.2, 0.25) is 0 Å². The van der Waals surface area contributed by atoms with E-state index in [9.17, 15) is 0 Å². The van der Waals surface area contributed by atoms with E-state index in [0.29, 0.717) is 0 Å². The molecule has 19 heavy (non-hydrogen) atoms. The van der Waals surface area contributed by atoms with Crippen molar-refractivity contribution in [2.24, 2.45) is 17.8 Å². The highest BCUT2D eigenvalue weighted by Gasteiger charge is 2.39. The number of allylic oxidation sites excluding steroid dienone is 2. The zero-order chi connectivity index (χ0) is 12.8. The predicted octanol–water partition coefficient (Wildman–Crippen LogP) is 2.80. The van der Waals surface area contributed by atoms with Crippen LogP contribution >= 0.6 is 0 Å². The van der Waals surface area contributed by atoms with Gasteiger partial charge in [-0.25, -0.2) is 0 Å². The molecular weight excluding hydrogens is 232 g/mol. The summed E-state index contributed by atoms with van der Waals surface area (Å²) in [5, 5.41) is 4.00. The lowest BCUT2D eigenvalue weighted by atomic mass is 9.86. The lowest BCUT2D eigenvalue weighted by Crippen LogP contribution is -2.50. The molecule has 0 aromatic carbocycles. The molecule has 2 heterocycles. The fraction of sp³-hybridized carbons (Fsp3) is 0.882. The van der Waals surface area contributed by atoms with Crippen LogP contribution in [0.5, 0.6) is 0 Å². The second kappa shape index (κ2) is 4.89. The molecule has 2 aliphatic heterocycles. The van der Waals surface area contributed by atoms with Gasteiger partial charge in [-0.3, -0.25) is 0 Å². The average Bonchev–Trinajstić information content (AvgIpc) is 3.13. The largest absolute Gasteiger partial charge is 0.311 e. The van der Waals surface area contributed by atoms with Crippen LogP contribution in [-0.4, -0.2) is 36.1 Å². The van der Waals surface area contributed by atoms with Crippen molar-refractivity contribution in [1.29, 1.82) is 0 Å². The minimum Gasteiger partial charge on any atom is -0.311 e. The fourth-order valence-corrected chi connectivity index (χ4v) is 5.27. The molecular formula is C17H28N2. The van der Waals surface area contributed by atoms with Crippen LogP contribution in [-0.2, 0) is 0 Å². The maximum absolute atomic E-state index is 4.00. The minimum atomic E-state index is 0.720. The Morgan fingerprint density at radius 3 is 2.84 bits per heavy atom.